The molecule has 0 unspecified atom stereocenters. The van der Waals surface area contributed by atoms with Gasteiger partial charge in [-0.15, -0.1) is 0 Å². The Hall–Kier alpha value is -4.01. The lowest BCUT2D eigenvalue weighted by atomic mass is 10.2. The van der Waals surface area contributed by atoms with E-state index >= 15 is 0 Å². The number of carbonyl (C=O) groups is 1. The van der Waals surface area contributed by atoms with Crippen LogP contribution in [0.4, 0.5) is 13.2 Å². The zero-order valence-electron chi connectivity index (χ0n) is 17.5. The maximum Gasteiger partial charge on any atom is 0.416 e. The van der Waals surface area contributed by atoms with Crippen LogP contribution in [0.15, 0.2) is 66.9 Å². The Labute approximate surface area is 186 Å². The molecule has 2 heterocycles. The van der Waals surface area contributed by atoms with Gasteiger partial charge in [0.15, 0.2) is 12.4 Å². The topological polar surface area (TPSA) is 73.6 Å². The minimum atomic E-state index is -4.47. The van der Waals surface area contributed by atoms with Gasteiger partial charge in [0, 0.05) is 12.7 Å². The molecule has 33 heavy (non-hydrogen) atoms. The number of hydrogen-bond donors (Lipinski definition) is 1. The molecule has 0 amide bonds. The van der Waals surface area contributed by atoms with Crippen molar-refractivity contribution in [1.29, 1.82) is 0 Å². The van der Waals surface area contributed by atoms with Crippen LogP contribution < -0.4 is 9.47 Å². The SMILES string of the molecule is Cc1c(Oc2cccc(C(F)(F)F)c2)c2cccnc2n1Cc1cccc(OCC(=O)O)c1. The number of ether oxygens (including phenoxy) is 2. The lowest BCUT2D eigenvalue weighted by Gasteiger charge is -2.12. The second-order valence-electron chi connectivity index (χ2n) is 7.33. The number of carboxylic acids is 1. The molecule has 2 aromatic carbocycles. The molecule has 0 atom stereocenters. The van der Waals surface area contributed by atoms with Crippen molar-refractivity contribution >= 4 is 17.0 Å². The number of pyridine rings is 1. The molecular formula is C24H19F3N2O4. The number of carboxylic acid groups (broad SMARTS) is 1. The van der Waals surface area contributed by atoms with E-state index in [0.717, 1.165) is 17.7 Å². The van der Waals surface area contributed by atoms with Gasteiger partial charge in [-0.3, -0.25) is 0 Å². The quantitative estimate of drug-likeness (QED) is 0.388. The van der Waals surface area contributed by atoms with Crippen molar-refractivity contribution in [3.63, 3.8) is 0 Å². The Morgan fingerprint density at radius 2 is 1.82 bits per heavy atom. The van der Waals surface area contributed by atoms with Gasteiger partial charge in [-0.1, -0.05) is 18.2 Å². The van der Waals surface area contributed by atoms with Gasteiger partial charge in [-0.05, 0) is 55.0 Å². The lowest BCUT2D eigenvalue weighted by Crippen LogP contribution is -2.09. The van der Waals surface area contributed by atoms with Crippen molar-refractivity contribution in [2.45, 2.75) is 19.6 Å². The standard InChI is InChI=1S/C24H19F3N2O4/c1-15-22(33-19-8-3-6-17(12-19)24(25,26)27)20-9-4-10-28-23(20)29(15)13-16-5-2-7-18(11-16)32-14-21(30)31/h2-12H,13-14H2,1H3,(H,30,31). The summed E-state index contributed by atoms with van der Waals surface area (Å²) in [5, 5.41) is 9.46. The molecule has 0 spiro atoms. The van der Waals surface area contributed by atoms with E-state index in [1.165, 1.54) is 12.1 Å². The molecular weight excluding hydrogens is 437 g/mol. The van der Waals surface area contributed by atoms with E-state index in [2.05, 4.69) is 4.98 Å². The first-order valence-corrected chi connectivity index (χ1v) is 9.95. The third-order valence-electron chi connectivity index (χ3n) is 5.00. The molecule has 1 N–H and O–H groups in total. The second-order valence-corrected chi connectivity index (χ2v) is 7.33. The molecule has 4 rings (SSSR count). The van der Waals surface area contributed by atoms with E-state index in [1.54, 1.807) is 43.5 Å². The number of benzene rings is 2. The fourth-order valence-corrected chi connectivity index (χ4v) is 3.50. The zero-order valence-corrected chi connectivity index (χ0v) is 17.5. The molecule has 0 saturated heterocycles. The highest BCUT2D eigenvalue weighted by molar-refractivity contribution is 5.86. The number of alkyl halides is 3. The highest BCUT2D eigenvalue weighted by atomic mass is 19.4. The monoisotopic (exact) mass is 456 g/mol. The Kier molecular flexibility index (Phi) is 5.95. The molecule has 170 valence electrons. The summed E-state index contributed by atoms with van der Waals surface area (Å²) >= 11 is 0. The predicted molar refractivity (Wildman–Crippen MR) is 115 cm³/mol. The van der Waals surface area contributed by atoms with Crippen molar-refractivity contribution in [1.82, 2.24) is 9.55 Å². The summed E-state index contributed by atoms with van der Waals surface area (Å²) in [5.74, 6) is -0.179. The molecule has 0 aliphatic rings. The first-order chi connectivity index (χ1) is 15.7. The molecule has 6 nitrogen and oxygen atoms in total. The number of nitrogens with zero attached hydrogens (tertiary/aromatic N) is 2. The summed E-state index contributed by atoms with van der Waals surface area (Å²) in [5.41, 5.74) is 1.32. The number of aliphatic carboxylic acids is 1. The lowest BCUT2D eigenvalue weighted by molar-refractivity contribution is -0.139. The minimum absolute atomic E-state index is 0.0693. The van der Waals surface area contributed by atoms with E-state index in [4.69, 9.17) is 14.6 Å². The van der Waals surface area contributed by atoms with Crippen LogP contribution in [0.1, 0.15) is 16.8 Å². The number of fused-ring (bicyclic) bond motifs is 1. The van der Waals surface area contributed by atoms with Crippen LogP contribution in [-0.4, -0.2) is 27.2 Å². The van der Waals surface area contributed by atoms with Gasteiger partial charge in [0.1, 0.15) is 17.1 Å². The predicted octanol–water partition coefficient (Wildman–Crippen LogP) is 5.67. The van der Waals surface area contributed by atoms with Gasteiger partial charge in [0.2, 0.25) is 0 Å². The van der Waals surface area contributed by atoms with Gasteiger partial charge in [-0.2, -0.15) is 13.2 Å². The number of aromatic nitrogens is 2. The largest absolute Gasteiger partial charge is 0.482 e. The fourth-order valence-electron chi connectivity index (χ4n) is 3.50. The average Bonchev–Trinajstić information content (AvgIpc) is 3.04. The summed E-state index contributed by atoms with van der Waals surface area (Å²) in [7, 11) is 0. The van der Waals surface area contributed by atoms with Crippen LogP contribution >= 0.6 is 0 Å². The average molecular weight is 456 g/mol. The Bertz CT molecular complexity index is 1310. The molecule has 2 aromatic heterocycles. The summed E-state index contributed by atoms with van der Waals surface area (Å²) < 4.78 is 52.4. The van der Waals surface area contributed by atoms with Gasteiger partial charge in [-0.25, -0.2) is 9.78 Å². The van der Waals surface area contributed by atoms with Crippen molar-refractivity contribution in [2.75, 3.05) is 6.61 Å². The normalized spacial score (nSPS) is 11.5. The number of hydrogen-bond acceptors (Lipinski definition) is 4. The summed E-state index contributed by atoms with van der Waals surface area (Å²) in [6.07, 6.45) is -2.85. The van der Waals surface area contributed by atoms with Crippen LogP contribution in [-0.2, 0) is 17.5 Å². The molecule has 9 heteroatoms. The van der Waals surface area contributed by atoms with Crippen LogP contribution in [0, 0.1) is 6.92 Å². The summed E-state index contributed by atoms with van der Waals surface area (Å²) in [6, 6.07) is 15.2. The first-order valence-electron chi connectivity index (χ1n) is 9.95. The van der Waals surface area contributed by atoms with E-state index in [-0.39, 0.29) is 5.75 Å². The molecule has 0 saturated carbocycles. The fraction of sp³-hybridized carbons (Fsp3) is 0.167. The second kappa shape index (κ2) is 8.85. The maximum absolute atomic E-state index is 13.1. The molecule has 0 aliphatic heterocycles. The van der Waals surface area contributed by atoms with Crippen LogP contribution in [0.3, 0.4) is 0 Å². The van der Waals surface area contributed by atoms with Crippen LogP contribution in [0.25, 0.3) is 11.0 Å². The van der Waals surface area contributed by atoms with Crippen LogP contribution in [0.2, 0.25) is 0 Å². The molecule has 0 bridgehead atoms. The maximum atomic E-state index is 13.1. The first kappa shape index (κ1) is 22.2. The van der Waals surface area contributed by atoms with Gasteiger partial charge < -0.3 is 19.1 Å². The van der Waals surface area contributed by atoms with Gasteiger partial charge in [0.25, 0.3) is 0 Å². The zero-order chi connectivity index (χ0) is 23.6. The van der Waals surface area contributed by atoms with Crippen molar-refractivity contribution in [2.24, 2.45) is 0 Å². The number of halogens is 3. The van der Waals surface area contributed by atoms with Crippen molar-refractivity contribution in [3.8, 4) is 17.2 Å². The molecule has 0 aliphatic carbocycles. The molecule has 0 radical (unpaired) electrons. The Morgan fingerprint density at radius 3 is 2.58 bits per heavy atom. The van der Waals surface area contributed by atoms with E-state index in [0.29, 0.717) is 34.8 Å². The van der Waals surface area contributed by atoms with Crippen LogP contribution in [0.5, 0.6) is 17.2 Å². The third kappa shape index (κ3) is 4.92. The third-order valence-corrected chi connectivity index (χ3v) is 5.00. The molecule has 0 fully saturated rings. The van der Waals surface area contributed by atoms with Crippen molar-refractivity contribution in [3.05, 3.63) is 83.7 Å². The Morgan fingerprint density at radius 1 is 1.06 bits per heavy atom. The number of rotatable bonds is 7. The van der Waals surface area contributed by atoms with Gasteiger partial charge in [0.05, 0.1) is 16.6 Å². The highest BCUT2D eigenvalue weighted by Crippen LogP contribution is 2.37. The van der Waals surface area contributed by atoms with E-state index < -0.39 is 24.3 Å². The minimum Gasteiger partial charge on any atom is -0.482 e. The highest BCUT2D eigenvalue weighted by Gasteiger charge is 2.31. The Balaban J connectivity index is 1.69. The molecule has 4 aromatic rings. The summed E-state index contributed by atoms with van der Waals surface area (Å²) in [4.78, 5) is 15.2. The van der Waals surface area contributed by atoms with E-state index in [9.17, 15) is 18.0 Å². The summed E-state index contributed by atoms with van der Waals surface area (Å²) in [6.45, 7) is 1.72. The van der Waals surface area contributed by atoms with Crippen molar-refractivity contribution < 1.29 is 32.5 Å². The van der Waals surface area contributed by atoms with Gasteiger partial charge >= 0.3 is 12.1 Å². The smallest absolute Gasteiger partial charge is 0.416 e. The van der Waals surface area contributed by atoms with E-state index in [1.807, 2.05) is 10.6 Å².